The molecule has 13 heteroatoms. The van der Waals surface area contributed by atoms with Crippen LogP contribution >= 0.6 is 0 Å². The Hall–Kier alpha value is -5.01. The third kappa shape index (κ3) is 9.57. The van der Waals surface area contributed by atoms with E-state index in [0.29, 0.717) is 40.9 Å². The summed E-state index contributed by atoms with van der Waals surface area (Å²) in [7, 11) is 1.70. The molecule has 2 heterocycles. The molecule has 0 spiro atoms. The van der Waals surface area contributed by atoms with Gasteiger partial charge in [-0.1, -0.05) is 25.1 Å². The minimum Gasteiger partial charge on any atom is -0.490 e. The van der Waals surface area contributed by atoms with E-state index < -0.39 is 18.2 Å². The first-order valence-electron chi connectivity index (χ1n) is 17.0. The molecule has 3 aromatic carbocycles. The van der Waals surface area contributed by atoms with Gasteiger partial charge in [0.15, 0.2) is 11.5 Å². The number of urea groups is 2. The number of hydrogen-bond donors (Lipinski definition) is 4. The maximum Gasteiger partial charge on any atom is 0.323 e. The van der Waals surface area contributed by atoms with Crippen LogP contribution in [0.1, 0.15) is 50.4 Å². The zero-order valence-electron chi connectivity index (χ0n) is 29.0. The van der Waals surface area contributed by atoms with Gasteiger partial charge >= 0.3 is 12.1 Å². The summed E-state index contributed by atoms with van der Waals surface area (Å²) in [6.45, 7) is 6.51. The number of anilines is 3. The first-order chi connectivity index (χ1) is 24.1. The standard InChI is InChI=1S/C37H47N5O8/c1-24-20-42(25(2)22-43)35(44)30-18-28(39-36(45)38-27-11-6-5-7-12-27)13-15-31(30)50-26(3)10-8-9-17-47-34(24)21-41(4)37(46)40-29-14-16-32-33(19-29)49-23-48-32/h5-7,11-16,18-19,24-26,34,43H,8-10,17,20-23H2,1-4H3,(H,40,46)(H2,38,39,45)/t24-,25-,26-,34+/m1/s1. The quantitative estimate of drug-likeness (QED) is 0.235. The summed E-state index contributed by atoms with van der Waals surface area (Å²) < 4.78 is 23.5. The number of nitrogens with zero attached hydrogens (tertiary/aromatic N) is 2. The van der Waals surface area contributed by atoms with Crippen LogP contribution < -0.4 is 30.2 Å². The normalized spacial score (nSPS) is 20.1. The number of fused-ring (bicyclic) bond motifs is 2. The second-order valence-corrected chi connectivity index (χ2v) is 12.8. The Morgan fingerprint density at radius 2 is 1.62 bits per heavy atom. The highest BCUT2D eigenvalue weighted by Crippen LogP contribution is 2.34. The van der Waals surface area contributed by atoms with Crippen molar-refractivity contribution in [3.63, 3.8) is 0 Å². The van der Waals surface area contributed by atoms with Crippen molar-refractivity contribution in [1.29, 1.82) is 0 Å². The number of carbonyl (C=O) groups is 3. The van der Waals surface area contributed by atoms with E-state index in [1.165, 1.54) is 0 Å². The number of amides is 5. The number of nitrogens with one attached hydrogen (secondary N) is 3. The van der Waals surface area contributed by atoms with Crippen LogP contribution in [0.4, 0.5) is 26.7 Å². The van der Waals surface area contributed by atoms with Gasteiger partial charge in [0.2, 0.25) is 6.79 Å². The third-order valence-corrected chi connectivity index (χ3v) is 8.77. The van der Waals surface area contributed by atoms with E-state index >= 15 is 0 Å². The number of likely N-dealkylation sites (N-methyl/N-ethyl adjacent to an activating group) is 1. The van der Waals surface area contributed by atoms with Crippen LogP contribution in [0.25, 0.3) is 0 Å². The highest BCUT2D eigenvalue weighted by molar-refractivity contribution is 6.02. The van der Waals surface area contributed by atoms with Gasteiger partial charge in [-0.15, -0.1) is 0 Å². The number of ether oxygens (including phenoxy) is 4. The summed E-state index contributed by atoms with van der Waals surface area (Å²) >= 11 is 0. The largest absolute Gasteiger partial charge is 0.490 e. The maximum absolute atomic E-state index is 14.4. The first-order valence-corrected chi connectivity index (χ1v) is 17.0. The molecule has 0 bridgehead atoms. The first kappa shape index (κ1) is 36.3. The molecule has 4 atom stereocenters. The Kier molecular flexibility index (Phi) is 12.4. The molecule has 0 unspecified atom stereocenters. The van der Waals surface area contributed by atoms with Gasteiger partial charge in [-0.2, -0.15) is 0 Å². The fourth-order valence-corrected chi connectivity index (χ4v) is 5.82. The number of carbonyl (C=O) groups excluding carboxylic acids is 3. The molecular weight excluding hydrogens is 642 g/mol. The molecule has 0 aliphatic carbocycles. The van der Waals surface area contributed by atoms with E-state index in [4.69, 9.17) is 18.9 Å². The van der Waals surface area contributed by atoms with Crippen LogP contribution in [0.3, 0.4) is 0 Å². The minimum atomic E-state index is -0.547. The molecule has 0 aromatic heterocycles. The second-order valence-electron chi connectivity index (χ2n) is 12.8. The summed E-state index contributed by atoms with van der Waals surface area (Å²) in [4.78, 5) is 43.6. The monoisotopic (exact) mass is 689 g/mol. The molecule has 13 nitrogen and oxygen atoms in total. The number of rotatable bonds is 7. The lowest BCUT2D eigenvalue weighted by molar-refractivity contribution is -0.0115. The Bertz CT molecular complexity index is 1620. The molecule has 4 N–H and O–H groups in total. The van der Waals surface area contributed by atoms with E-state index in [2.05, 4.69) is 16.0 Å². The lowest BCUT2D eigenvalue weighted by Crippen LogP contribution is -2.48. The maximum atomic E-state index is 14.4. The Morgan fingerprint density at radius 3 is 2.38 bits per heavy atom. The zero-order chi connectivity index (χ0) is 35.6. The zero-order valence-corrected chi connectivity index (χ0v) is 29.0. The van der Waals surface area contributed by atoms with Crippen LogP contribution in [-0.4, -0.2) is 91.3 Å². The van der Waals surface area contributed by atoms with Crippen LogP contribution in [0.15, 0.2) is 66.7 Å². The number of aliphatic hydroxyl groups excluding tert-OH is 1. The highest BCUT2D eigenvalue weighted by atomic mass is 16.7. The van der Waals surface area contributed by atoms with E-state index in [1.807, 2.05) is 32.0 Å². The molecule has 50 heavy (non-hydrogen) atoms. The van der Waals surface area contributed by atoms with Crippen molar-refractivity contribution in [3.8, 4) is 17.2 Å². The third-order valence-electron chi connectivity index (χ3n) is 8.77. The van der Waals surface area contributed by atoms with E-state index in [0.717, 1.165) is 19.3 Å². The predicted octanol–water partition coefficient (Wildman–Crippen LogP) is 6.02. The predicted molar refractivity (Wildman–Crippen MR) is 190 cm³/mol. The molecule has 2 aliphatic heterocycles. The van der Waals surface area contributed by atoms with Crippen molar-refractivity contribution in [2.45, 2.75) is 58.3 Å². The van der Waals surface area contributed by atoms with Gasteiger partial charge in [0.25, 0.3) is 5.91 Å². The van der Waals surface area contributed by atoms with E-state index in [1.54, 1.807) is 72.3 Å². The number of hydrogen-bond acceptors (Lipinski definition) is 8. The van der Waals surface area contributed by atoms with Gasteiger partial charge in [0.1, 0.15) is 5.75 Å². The molecule has 5 rings (SSSR count). The highest BCUT2D eigenvalue weighted by Gasteiger charge is 2.31. The SMILES string of the molecule is C[C@@H]1CCCCO[C@@H](CN(C)C(=O)Nc2ccc3c(c2)OCO3)[C@H](C)CN([C@H](C)CO)C(=O)c2cc(NC(=O)Nc3ccccc3)ccc2O1. The summed E-state index contributed by atoms with van der Waals surface area (Å²) in [5.41, 5.74) is 1.86. The molecule has 0 saturated heterocycles. The topological polar surface area (TPSA) is 151 Å². The van der Waals surface area contributed by atoms with E-state index in [9.17, 15) is 19.5 Å². The van der Waals surface area contributed by atoms with Crippen LogP contribution in [0.2, 0.25) is 0 Å². The summed E-state index contributed by atoms with van der Waals surface area (Å²) in [5.74, 6) is 0.981. The van der Waals surface area contributed by atoms with Crippen molar-refractivity contribution in [2.24, 2.45) is 5.92 Å². The van der Waals surface area contributed by atoms with Crippen molar-refractivity contribution in [2.75, 3.05) is 56.1 Å². The fraction of sp³-hybridized carbons (Fsp3) is 0.432. The molecule has 268 valence electrons. The van der Waals surface area contributed by atoms with Crippen LogP contribution in [-0.2, 0) is 4.74 Å². The molecule has 3 aromatic rings. The van der Waals surface area contributed by atoms with Crippen molar-refractivity contribution in [3.05, 3.63) is 72.3 Å². The van der Waals surface area contributed by atoms with Gasteiger partial charge in [-0.3, -0.25) is 4.79 Å². The van der Waals surface area contributed by atoms with E-state index in [-0.39, 0.29) is 56.0 Å². The summed E-state index contributed by atoms with van der Waals surface area (Å²) in [5, 5.41) is 18.7. The molecular formula is C37H47N5O8. The van der Waals surface area contributed by atoms with Crippen molar-refractivity contribution in [1.82, 2.24) is 9.80 Å². The minimum absolute atomic E-state index is 0.138. The van der Waals surface area contributed by atoms with Gasteiger partial charge < -0.3 is 49.8 Å². The number of aliphatic hydroxyl groups is 1. The Labute approximate surface area is 292 Å². The van der Waals surface area contributed by atoms with Gasteiger partial charge in [0.05, 0.1) is 30.4 Å². The smallest absolute Gasteiger partial charge is 0.323 e. The Morgan fingerprint density at radius 1 is 0.920 bits per heavy atom. The summed E-state index contributed by atoms with van der Waals surface area (Å²) in [6, 6.07) is 17.9. The lowest BCUT2D eigenvalue weighted by Gasteiger charge is -2.35. The van der Waals surface area contributed by atoms with Crippen molar-refractivity contribution < 1.29 is 38.4 Å². The number of benzene rings is 3. The average Bonchev–Trinajstić information content (AvgIpc) is 3.58. The molecule has 0 radical (unpaired) electrons. The average molecular weight is 690 g/mol. The van der Waals surface area contributed by atoms with Crippen LogP contribution in [0, 0.1) is 5.92 Å². The van der Waals surface area contributed by atoms with Gasteiger partial charge in [-0.25, -0.2) is 9.59 Å². The fourth-order valence-electron chi connectivity index (χ4n) is 5.82. The van der Waals surface area contributed by atoms with Crippen LogP contribution in [0.5, 0.6) is 17.2 Å². The van der Waals surface area contributed by atoms with Crippen molar-refractivity contribution >= 4 is 35.0 Å². The molecule has 0 saturated carbocycles. The Balaban J connectivity index is 1.35. The van der Waals surface area contributed by atoms with Gasteiger partial charge in [0, 0.05) is 55.8 Å². The number of para-hydroxylation sites is 1. The summed E-state index contributed by atoms with van der Waals surface area (Å²) in [6.07, 6.45) is 1.72. The molecule has 5 amide bonds. The molecule has 2 aliphatic rings. The van der Waals surface area contributed by atoms with Gasteiger partial charge in [-0.05, 0) is 75.6 Å². The molecule has 0 fully saturated rings. The second kappa shape index (κ2) is 17.1. The lowest BCUT2D eigenvalue weighted by atomic mass is 10.0.